The summed E-state index contributed by atoms with van der Waals surface area (Å²) in [6, 6.07) is 52.6. The molecule has 2 aliphatic rings. The lowest BCUT2D eigenvalue weighted by Crippen LogP contribution is -2.16. The van der Waals surface area contributed by atoms with Crippen LogP contribution in [0.15, 0.2) is 140 Å². The lowest BCUT2D eigenvalue weighted by Gasteiger charge is -2.28. The summed E-state index contributed by atoms with van der Waals surface area (Å²) >= 11 is 1.88. The van der Waals surface area contributed by atoms with Gasteiger partial charge < -0.3 is 4.90 Å². The number of anilines is 3. The van der Waals surface area contributed by atoms with Crippen LogP contribution in [0.3, 0.4) is 0 Å². The second-order valence-corrected chi connectivity index (χ2v) is 15.7. The number of rotatable bonds is 3. The molecule has 0 bridgehead atoms. The lowest BCUT2D eigenvalue weighted by atomic mass is 9.82. The highest BCUT2D eigenvalue weighted by atomic mass is 32.1. The number of thiophene rings is 1. The molecule has 1 nitrogen and oxygen atoms in total. The average molecular weight is 634 g/mol. The second-order valence-electron chi connectivity index (χ2n) is 14.6. The summed E-state index contributed by atoms with van der Waals surface area (Å²) in [5, 5.41) is 5.27. The molecule has 0 amide bonds. The summed E-state index contributed by atoms with van der Waals surface area (Å²) in [5.74, 6) is 0. The monoisotopic (exact) mass is 633 g/mol. The Labute approximate surface area is 285 Å². The predicted octanol–water partition coefficient (Wildman–Crippen LogP) is 13.3. The van der Waals surface area contributed by atoms with Crippen molar-refractivity contribution in [3.8, 4) is 22.3 Å². The Kier molecular flexibility index (Phi) is 5.63. The van der Waals surface area contributed by atoms with Gasteiger partial charge in [-0.2, -0.15) is 0 Å². The third-order valence-corrected chi connectivity index (χ3v) is 12.4. The van der Waals surface area contributed by atoms with Gasteiger partial charge in [-0.25, -0.2) is 0 Å². The van der Waals surface area contributed by atoms with Gasteiger partial charge in [-0.15, -0.1) is 11.3 Å². The summed E-state index contributed by atoms with van der Waals surface area (Å²) < 4.78 is 2.68. The fourth-order valence-corrected chi connectivity index (χ4v) is 9.94. The Hall–Kier alpha value is -5.18. The molecule has 1 heterocycles. The minimum atomic E-state index is -0.0320. The Morgan fingerprint density at radius 1 is 0.417 bits per heavy atom. The topological polar surface area (TPSA) is 3.24 Å². The van der Waals surface area contributed by atoms with E-state index in [4.69, 9.17) is 0 Å². The van der Waals surface area contributed by atoms with E-state index in [1.807, 2.05) is 11.3 Å². The Morgan fingerprint density at radius 3 is 1.58 bits per heavy atom. The molecule has 10 rings (SSSR count). The van der Waals surface area contributed by atoms with Gasteiger partial charge in [0.05, 0.1) is 0 Å². The molecular weight excluding hydrogens is 599 g/mol. The highest BCUT2D eigenvalue weighted by Crippen LogP contribution is 2.53. The first-order valence-electron chi connectivity index (χ1n) is 16.9. The Balaban J connectivity index is 1.21. The van der Waals surface area contributed by atoms with E-state index in [9.17, 15) is 0 Å². The maximum absolute atomic E-state index is 2.47. The highest BCUT2D eigenvalue weighted by Gasteiger charge is 2.37. The van der Waals surface area contributed by atoms with E-state index in [-0.39, 0.29) is 10.8 Å². The van der Waals surface area contributed by atoms with Crippen LogP contribution in [0, 0.1) is 0 Å². The molecule has 7 aromatic carbocycles. The fraction of sp³-hybridized carbons (Fsp3) is 0.130. The van der Waals surface area contributed by atoms with Gasteiger partial charge in [0.15, 0.2) is 0 Å². The van der Waals surface area contributed by atoms with E-state index in [0.29, 0.717) is 0 Å². The normalized spacial score (nSPS) is 15.0. The van der Waals surface area contributed by atoms with Crippen molar-refractivity contribution in [2.75, 3.05) is 4.90 Å². The van der Waals surface area contributed by atoms with Crippen LogP contribution in [-0.4, -0.2) is 0 Å². The zero-order valence-electron chi connectivity index (χ0n) is 27.6. The van der Waals surface area contributed by atoms with Gasteiger partial charge in [0.25, 0.3) is 0 Å². The van der Waals surface area contributed by atoms with Crippen LogP contribution < -0.4 is 4.90 Å². The second kappa shape index (κ2) is 9.69. The summed E-state index contributed by atoms with van der Waals surface area (Å²) in [6.45, 7) is 9.42. The summed E-state index contributed by atoms with van der Waals surface area (Å²) in [7, 11) is 0. The Morgan fingerprint density at radius 2 is 0.938 bits per heavy atom. The van der Waals surface area contributed by atoms with Gasteiger partial charge in [-0.3, -0.25) is 0 Å². The number of hydrogen-bond acceptors (Lipinski definition) is 2. The van der Waals surface area contributed by atoms with Gasteiger partial charge in [0, 0.05) is 48.1 Å². The Bertz CT molecular complexity index is 2530. The van der Waals surface area contributed by atoms with Gasteiger partial charge in [-0.05, 0) is 104 Å². The van der Waals surface area contributed by atoms with Crippen LogP contribution in [0.2, 0.25) is 0 Å². The number of hydrogen-bond donors (Lipinski definition) is 0. The molecule has 0 aliphatic heterocycles. The number of nitrogens with zero attached hydrogens (tertiary/aromatic N) is 1. The molecule has 0 saturated carbocycles. The van der Waals surface area contributed by atoms with Crippen molar-refractivity contribution in [2.45, 2.75) is 38.5 Å². The highest BCUT2D eigenvalue weighted by molar-refractivity contribution is 7.26. The lowest BCUT2D eigenvalue weighted by molar-refractivity contribution is 0.660. The standard InChI is InChI=1S/C46H35NS/c1-45(2)38-14-8-5-11-33(38)36-26-30(19-22-40(36)45)47(31-20-23-41-37(27-31)34-12-6-9-15-39(34)46(41,3)4)29-18-21-32-28(25-29)17-24-43-44(32)35-13-7-10-16-42(35)48-43/h5-27H,1-4H3. The number of benzene rings is 7. The molecular formula is C46H35NS. The smallest absolute Gasteiger partial charge is 0.0468 e. The summed E-state index contributed by atoms with van der Waals surface area (Å²) in [6.07, 6.45) is 0. The maximum atomic E-state index is 2.47. The van der Waals surface area contributed by atoms with E-state index >= 15 is 0 Å². The van der Waals surface area contributed by atoms with Crippen LogP contribution in [0.25, 0.3) is 53.2 Å². The van der Waals surface area contributed by atoms with Gasteiger partial charge in [0.2, 0.25) is 0 Å². The molecule has 0 fully saturated rings. The molecule has 2 aliphatic carbocycles. The van der Waals surface area contributed by atoms with E-state index in [0.717, 1.165) is 5.69 Å². The third-order valence-electron chi connectivity index (χ3n) is 11.3. The fourth-order valence-electron chi connectivity index (χ4n) is 8.82. The molecule has 48 heavy (non-hydrogen) atoms. The number of fused-ring (bicyclic) bond motifs is 11. The zero-order valence-corrected chi connectivity index (χ0v) is 28.5. The van der Waals surface area contributed by atoms with E-state index in [2.05, 4.69) is 172 Å². The van der Waals surface area contributed by atoms with Crippen molar-refractivity contribution in [3.05, 3.63) is 162 Å². The molecule has 0 unspecified atom stereocenters. The van der Waals surface area contributed by atoms with Crippen molar-refractivity contribution in [1.82, 2.24) is 0 Å². The quantitative estimate of drug-likeness (QED) is 0.187. The first kappa shape index (κ1) is 27.9. The third kappa shape index (κ3) is 3.72. The molecule has 8 aromatic rings. The van der Waals surface area contributed by atoms with Gasteiger partial charge in [0.1, 0.15) is 0 Å². The van der Waals surface area contributed by atoms with Crippen LogP contribution in [0.1, 0.15) is 49.9 Å². The van der Waals surface area contributed by atoms with Crippen molar-refractivity contribution in [2.24, 2.45) is 0 Å². The summed E-state index contributed by atoms with van der Waals surface area (Å²) in [5.41, 5.74) is 14.4. The SMILES string of the molecule is CC1(C)c2ccccc2-c2cc(N(c3ccc4c(c3)-c3ccccc3C4(C)C)c3ccc4c(ccc5sc6ccccc6c54)c3)ccc21. The largest absolute Gasteiger partial charge is 0.310 e. The van der Waals surface area contributed by atoms with Crippen molar-refractivity contribution in [1.29, 1.82) is 0 Å². The molecule has 0 radical (unpaired) electrons. The van der Waals surface area contributed by atoms with Crippen LogP contribution in [0.4, 0.5) is 17.1 Å². The van der Waals surface area contributed by atoms with Crippen molar-refractivity contribution >= 4 is 59.3 Å². The molecule has 0 spiro atoms. The maximum Gasteiger partial charge on any atom is 0.0468 e. The minimum absolute atomic E-state index is 0.0320. The van der Waals surface area contributed by atoms with Crippen LogP contribution >= 0.6 is 11.3 Å². The molecule has 230 valence electrons. The molecule has 0 N–H and O–H groups in total. The predicted molar refractivity (Wildman–Crippen MR) is 207 cm³/mol. The molecule has 2 heteroatoms. The minimum Gasteiger partial charge on any atom is -0.310 e. The first-order chi connectivity index (χ1) is 23.3. The van der Waals surface area contributed by atoms with E-state index < -0.39 is 0 Å². The first-order valence-corrected chi connectivity index (χ1v) is 17.8. The summed E-state index contributed by atoms with van der Waals surface area (Å²) in [4.78, 5) is 2.47. The van der Waals surface area contributed by atoms with E-state index in [1.54, 1.807) is 0 Å². The van der Waals surface area contributed by atoms with Crippen molar-refractivity contribution < 1.29 is 0 Å². The van der Waals surface area contributed by atoms with E-state index in [1.165, 1.54) is 86.8 Å². The molecule has 0 atom stereocenters. The van der Waals surface area contributed by atoms with Crippen LogP contribution in [-0.2, 0) is 10.8 Å². The zero-order chi connectivity index (χ0) is 32.4. The van der Waals surface area contributed by atoms with Gasteiger partial charge in [-0.1, -0.05) is 119 Å². The van der Waals surface area contributed by atoms with Gasteiger partial charge >= 0.3 is 0 Å². The molecule has 1 aromatic heterocycles. The van der Waals surface area contributed by atoms with Crippen molar-refractivity contribution in [3.63, 3.8) is 0 Å². The molecule has 0 saturated heterocycles. The average Bonchev–Trinajstić information content (AvgIpc) is 3.68. The van der Waals surface area contributed by atoms with Crippen LogP contribution in [0.5, 0.6) is 0 Å².